The molecule has 3 amide bonds. The van der Waals surface area contributed by atoms with Gasteiger partial charge in [0, 0.05) is 65.4 Å². The van der Waals surface area contributed by atoms with Crippen LogP contribution in [0.15, 0.2) is 22.7 Å². The Morgan fingerprint density at radius 3 is 2.58 bits per heavy atom. The molecular weight excluding hydrogens is 398 g/mol. The lowest BCUT2D eigenvalue weighted by molar-refractivity contribution is -0.120. The van der Waals surface area contributed by atoms with Crippen LogP contribution in [0.25, 0.3) is 11.0 Å². The van der Waals surface area contributed by atoms with Crippen LogP contribution in [-0.2, 0) is 16.1 Å². The lowest BCUT2D eigenvalue weighted by atomic mass is 9.99. The largest absolute Gasteiger partial charge is 0.381 e. The molecule has 2 aromatic rings. The highest BCUT2D eigenvalue weighted by molar-refractivity contribution is 6.08. The number of fused-ring (bicyclic) bond motifs is 1. The van der Waals surface area contributed by atoms with E-state index in [-0.39, 0.29) is 12.3 Å². The Balaban J connectivity index is 1.21. The first kappa shape index (κ1) is 20.4. The van der Waals surface area contributed by atoms with Gasteiger partial charge in [-0.05, 0) is 36.5 Å². The molecule has 0 radical (unpaired) electrons. The maximum atomic E-state index is 12.2. The van der Waals surface area contributed by atoms with E-state index in [2.05, 4.69) is 32.4 Å². The van der Waals surface area contributed by atoms with E-state index in [0.717, 1.165) is 57.2 Å². The molecule has 3 saturated heterocycles. The van der Waals surface area contributed by atoms with Crippen LogP contribution in [0.2, 0.25) is 0 Å². The molecule has 166 valence electrons. The standard InChI is InChI=1S/C22H29N5O4/c28-20-3-6-27(22(29)23-20)21-18-13-17(1-2-19(18)31-24-21)15-26-9-7-25(8-10-26)14-16-4-11-30-12-5-16/h1-2,13,16H,3-12,14-15H2,(H,23,28,29). The van der Waals surface area contributed by atoms with Crippen LogP contribution >= 0.6 is 0 Å². The van der Waals surface area contributed by atoms with Crippen molar-refractivity contribution in [2.24, 2.45) is 5.92 Å². The Hall–Kier alpha value is -2.49. The Morgan fingerprint density at radius 1 is 1.03 bits per heavy atom. The van der Waals surface area contributed by atoms with Gasteiger partial charge in [0.15, 0.2) is 11.4 Å². The molecule has 0 aliphatic carbocycles. The van der Waals surface area contributed by atoms with E-state index in [0.29, 0.717) is 17.9 Å². The summed E-state index contributed by atoms with van der Waals surface area (Å²) in [6, 6.07) is 5.58. The van der Waals surface area contributed by atoms with Crippen molar-refractivity contribution in [3.63, 3.8) is 0 Å². The molecule has 1 aromatic carbocycles. The second-order valence-corrected chi connectivity index (χ2v) is 8.72. The number of carbonyl (C=O) groups excluding carboxylic acids is 2. The highest BCUT2D eigenvalue weighted by atomic mass is 16.5. The van der Waals surface area contributed by atoms with Gasteiger partial charge in [0.25, 0.3) is 0 Å². The number of piperazine rings is 1. The molecule has 9 nitrogen and oxygen atoms in total. The summed E-state index contributed by atoms with van der Waals surface area (Å²) in [6.45, 7) is 8.47. The molecule has 9 heteroatoms. The zero-order valence-corrected chi connectivity index (χ0v) is 17.7. The Bertz CT molecular complexity index is 947. The van der Waals surface area contributed by atoms with Crippen LogP contribution in [0.5, 0.6) is 0 Å². The number of amides is 3. The Labute approximate surface area is 181 Å². The highest BCUT2D eigenvalue weighted by Gasteiger charge is 2.28. The molecule has 1 N–H and O–H groups in total. The zero-order valence-electron chi connectivity index (χ0n) is 17.7. The quantitative estimate of drug-likeness (QED) is 0.778. The predicted molar refractivity (Wildman–Crippen MR) is 115 cm³/mol. The summed E-state index contributed by atoms with van der Waals surface area (Å²) >= 11 is 0. The fourth-order valence-corrected chi connectivity index (χ4v) is 4.71. The molecule has 0 spiro atoms. The number of ether oxygens (including phenoxy) is 1. The van der Waals surface area contributed by atoms with Crippen LogP contribution in [0, 0.1) is 5.92 Å². The second-order valence-electron chi connectivity index (χ2n) is 8.72. The fourth-order valence-electron chi connectivity index (χ4n) is 4.71. The number of urea groups is 1. The van der Waals surface area contributed by atoms with Crippen molar-refractivity contribution < 1.29 is 18.8 Å². The molecule has 0 unspecified atom stereocenters. The van der Waals surface area contributed by atoms with Crippen molar-refractivity contribution >= 4 is 28.7 Å². The topological polar surface area (TPSA) is 91.2 Å². The minimum absolute atomic E-state index is 0.259. The molecule has 31 heavy (non-hydrogen) atoms. The number of benzene rings is 1. The van der Waals surface area contributed by atoms with Crippen molar-refractivity contribution in [3.8, 4) is 0 Å². The third-order valence-electron chi connectivity index (χ3n) is 6.55. The van der Waals surface area contributed by atoms with Gasteiger partial charge in [-0.15, -0.1) is 0 Å². The van der Waals surface area contributed by atoms with E-state index < -0.39 is 6.03 Å². The lowest BCUT2D eigenvalue weighted by Gasteiger charge is -2.37. The van der Waals surface area contributed by atoms with Gasteiger partial charge in [0.2, 0.25) is 5.91 Å². The van der Waals surface area contributed by atoms with Crippen LogP contribution in [0.3, 0.4) is 0 Å². The van der Waals surface area contributed by atoms with Gasteiger partial charge >= 0.3 is 6.03 Å². The smallest absolute Gasteiger partial charge is 0.329 e. The minimum atomic E-state index is -0.447. The maximum absolute atomic E-state index is 12.2. The molecule has 3 fully saturated rings. The fraction of sp³-hybridized carbons (Fsp3) is 0.591. The first-order valence-corrected chi connectivity index (χ1v) is 11.2. The second kappa shape index (κ2) is 8.94. The van der Waals surface area contributed by atoms with Gasteiger partial charge in [-0.2, -0.15) is 0 Å². The van der Waals surface area contributed by atoms with Crippen molar-refractivity contribution in [3.05, 3.63) is 23.8 Å². The number of rotatable bonds is 5. The maximum Gasteiger partial charge on any atom is 0.329 e. The number of carbonyl (C=O) groups is 2. The number of hydrogen-bond acceptors (Lipinski definition) is 7. The summed E-state index contributed by atoms with van der Waals surface area (Å²) in [6.07, 6.45) is 2.63. The SMILES string of the molecule is O=C1CCN(c2noc3ccc(CN4CCN(CC5CCOCC5)CC4)cc23)C(=O)N1. The molecule has 0 bridgehead atoms. The van der Waals surface area contributed by atoms with Crippen molar-refractivity contribution in [2.45, 2.75) is 25.8 Å². The normalized spacial score (nSPS) is 22.3. The average Bonchev–Trinajstić information content (AvgIpc) is 3.19. The first-order chi connectivity index (χ1) is 15.2. The number of hydrogen-bond donors (Lipinski definition) is 1. The molecule has 0 atom stereocenters. The molecule has 3 aliphatic heterocycles. The summed E-state index contributed by atoms with van der Waals surface area (Å²) in [5.74, 6) is 0.992. The summed E-state index contributed by atoms with van der Waals surface area (Å²) in [4.78, 5) is 30.2. The van der Waals surface area contributed by atoms with Gasteiger partial charge in [0.05, 0.1) is 5.39 Å². The lowest BCUT2D eigenvalue weighted by Crippen LogP contribution is -2.49. The molecule has 3 aliphatic rings. The third kappa shape index (κ3) is 4.58. The van der Waals surface area contributed by atoms with Crippen molar-refractivity contribution in [1.82, 2.24) is 20.3 Å². The summed E-state index contributed by atoms with van der Waals surface area (Å²) < 4.78 is 10.9. The molecule has 4 heterocycles. The summed E-state index contributed by atoms with van der Waals surface area (Å²) in [5.41, 5.74) is 1.81. The highest BCUT2D eigenvalue weighted by Crippen LogP contribution is 2.29. The van der Waals surface area contributed by atoms with Crippen molar-refractivity contribution in [1.29, 1.82) is 0 Å². The van der Waals surface area contributed by atoms with E-state index in [1.807, 2.05) is 6.07 Å². The van der Waals surface area contributed by atoms with Gasteiger partial charge in [-0.3, -0.25) is 19.9 Å². The first-order valence-electron chi connectivity index (χ1n) is 11.2. The predicted octanol–water partition coefficient (Wildman–Crippen LogP) is 1.82. The van der Waals surface area contributed by atoms with Crippen LogP contribution in [0.4, 0.5) is 10.6 Å². The summed E-state index contributed by atoms with van der Waals surface area (Å²) in [5, 5.41) is 7.25. The molecular formula is C22H29N5O4. The number of nitrogens with zero attached hydrogens (tertiary/aromatic N) is 4. The van der Waals surface area contributed by atoms with E-state index in [1.54, 1.807) is 0 Å². The third-order valence-corrected chi connectivity index (χ3v) is 6.55. The number of nitrogens with one attached hydrogen (secondary N) is 1. The van der Waals surface area contributed by atoms with Crippen molar-refractivity contribution in [2.75, 3.05) is 57.4 Å². The molecule has 5 rings (SSSR count). The van der Waals surface area contributed by atoms with Crippen LogP contribution in [-0.4, -0.2) is 79.4 Å². The van der Waals surface area contributed by atoms with E-state index >= 15 is 0 Å². The van der Waals surface area contributed by atoms with Gasteiger partial charge in [0.1, 0.15) is 0 Å². The van der Waals surface area contributed by atoms with E-state index in [4.69, 9.17) is 9.26 Å². The van der Waals surface area contributed by atoms with Gasteiger partial charge in [-0.1, -0.05) is 11.2 Å². The van der Waals surface area contributed by atoms with Gasteiger partial charge in [-0.25, -0.2) is 4.79 Å². The molecule has 1 aromatic heterocycles. The van der Waals surface area contributed by atoms with Gasteiger partial charge < -0.3 is 14.2 Å². The van der Waals surface area contributed by atoms with E-state index in [9.17, 15) is 9.59 Å². The Kier molecular flexibility index (Phi) is 5.89. The Morgan fingerprint density at radius 2 is 1.81 bits per heavy atom. The van der Waals surface area contributed by atoms with Crippen LogP contribution < -0.4 is 10.2 Å². The minimum Gasteiger partial charge on any atom is -0.381 e. The monoisotopic (exact) mass is 427 g/mol. The van der Waals surface area contributed by atoms with E-state index in [1.165, 1.54) is 29.8 Å². The average molecular weight is 428 g/mol. The zero-order chi connectivity index (χ0) is 21.2. The molecule has 0 saturated carbocycles. The summed E-state index contributed by atoms with van der Waals surface area (Å²) in [7, 11) is 0. The number of imide groups is 1. The number of anilines is 1. The number of aromatic nitrogens is 1. The van der Waals surface area contributed by atoms with Crippen LogP contribution in [0.1, 0.15) is 24.8 Å².